The van der Waals surface area contributed by atoms with E-state index in [4.69, 9.17) is 16.1 Å². The van der Waals surface area contributed by atoms with Crippen LogP contribution in [-0.2, 0) is 5.41 Å². The van der Waals surface area contributed by atoms with Crippen LogP contribution in [0.15, 0.2) is 28.8 Å². The lowest BCUT2D eigenvalue weighted by Gasteiger charge is -2.30. The largest absolute Gasteiger partial charge is 0.338 e. The maximum Gasteiger partial charge on any atom is 0.236 e. The number of benzene rings is 1. The molecule has 1 saturated heterocycles. The molecule has 5 nitrogen and oxygen atoms in total. The zero-order valence-corrected chi connectivity index (χ0v) is 13.9. The van der Waals surface area contributed by atoms with Crippen LogP contribution in [-0.4, -0.2) is 41.7 Å². The number of rotatable bonds is 3. The topological polar surface area (TPSA) is 54.2 Å². The number of halogens is 1. The predicted molar refractivity (Wildman–Crippen MR) is 86.1 cm³/mol. The van der Waals surface area contributed by atoms with Crippen LogP contribution in [0.3, 0.4) is 0 Å². The van der Waals surface area contributed by atoms with E-state index >= 15 is 0 Å². The molecule has 0 bridgehead atoms. The minimum Gasteiger partial charge on any atom is -0.338 e. The second-order valence-electron chi connectivity index (χ2n) is 6.29. The number of hydrogen-bond acceptors (Lipinski definition) is 5. The molecule has 0 spiro atoms. The molecule has 6 heteroatoms. The van der Waals surface area contributed by atoms with Gasteiger partial charge < -0.3 is 9.84 Å². The minimum atomic E-state index is -0.351. The van der Waals surface area contributed by atoms with Crippen molar-refractivity contribution in [3.63, 3.8) is 0 Å². The molecule has 1 aromatic heterocycles. The van der Waals surface area contributed by atoms with Gasteiger partial charge in [-0.15, -0.1) is 0 Å². The Hall–Kier alpha value is -1.43. The monoisotopic (exact) mass is 320 g/mol. The molecule has 0 saturated carbocycles. The maximum absolute atomic E-state index is 5.97. The molecule has 0 radical (unpaired) electrons. The standard InChI is InChI=1S/C16H21ClN4O/c1-16(2,11-4-6-12(17)7-5-11)15-19-14(20-22-15)13-10-18-8-9-21(13)3/h4-7,13,18H,8-10H2,1-3H3. The van der Waals surface area contributed by atoms with Crippen LogP contribution < -0.4 is 5.32 Å². The van der Waals surface area contributed by atoms with Crippen molar-refractivity contribution in [2.45, 2.75) is 25.3 Å². The minimum absolute atomic E-state index is 0.160. The normalized spacial score (nSPS) is 20.3. The van der Waals surface area contributed by atoms with E-state index in [1.165, 1.54) is 0 Å². The van der Waals surface area contributed by atoms with Crippen molar-refractivity contribution in [3.05, 3.63) is 46.6 Å². The average Bonchev–Trinajstić information content (AvgIpc) is 2.98. The second-order valence-corrected chi connectivity index (χ2v) is 6.73. The van der Waals surface area contributed by atoms with Crippen LogP contribution in [0.5, 0.6) is 0 Å². The van der Waals surface area contributed by atoms with Gasteiger partial charge in [0.15, 0.2) is 5.82 Å². The summed E-state index contributed by atoms with van der Waals surface area (Å²) in [7, 11) is 2.09. The highest BCUT2D eigenvalue weighted by atomic mass is 35.5. The van der Waals surface area contributed by atoms with Crippen molar-refractivity contribution in [2.75, 3.05) is 26.7 Å². The molecule has 2 aromatic rings. The number of likely N-dealkylation sites (N-methyl/N-ethyl adjacent to an activating group) is 1. The van der Waals surface area contributed by atoms with Crippen molar-refractivity contribution in [1.82, 2.24) is 20.4 Å². The molecule has 1 unspecified atom stereocenters. The number of nitrogens with one attached hydrogen (secondary N) is 1. The van der Waals surface area contributed by atoms with Crippen molar-refractivity contribution >= 4 is 11.6 Å². The first-order chi connectivity index (χ1) is 10.5. The van der Waals surface area contributed by atoms with Gasteiger partial charge in [-0.25, -0.2) is 0 Å². The Balaban J connectivity index is 1.87. The molecular formula is C16H21ClN4O. The summed E-state index contributed by atoms with van der Waals surface area (Å²) in [6.07, 6.45) is 0. The summed E-state index contributed by atoms with van der Waals surface area (Å²) in [4.78, 5) is 6.91. The van der Waals surface area contributed by atoms with Crippen molar-refractivity contribution in [2.24, 2.45) is 0 Å². The second kappa shape index (κ2) is 5.99. The summed E-state index contributed by atoms with van der Waals surface area (Å²) < 4.78 is 5.57. The fourth-order valence-electron chi connectivity index (χ4n) is 2.71. The van der Waals surface area contributed by atoms with Crippen molar-refractivity contribution in [3.8, 4) is 0 Å². The number of nitrogens with zero attached hydrogens (tertiary/aromatic N) is 3. The van der Waals surface area contributed by atoms with Crippen LogP contribution in [0.1, 0.15) is 37.2 Å². The lowest BCUT2D eigenvalue weighted by atomic mass is 9.84. The van der Waals surface area contributed by atoms with E-state index in [1.54, 1.807) is 0 Å². The van der Waals surface area contributed by atoms with Gasteiger partial charge >= 0.3 is 0 Å². The number of hydrogen-bond donors (Lipinski definition) is 1. The molecule has 22 heavy (non-hydrogen) atoms. The fraction of sp³-hybridized carbons (Fsp3) is 0.500. The van der Waals surface area contributed by atoms with Gasteiger partial charge in [0.25, 0.3) is 0 Å². The van der Waals surface area contributed by atoms with Crippen LogP contribution in [0, 0.1) is 0 Å². The van der Waals surface area contributed by atoms with E-state index < -0.39 is 0 Å². The summed E-state index contributed by atoms with van der Waals surface area (Å²) in [5.41, 5.74) is 0.749. The quantitative estimate of drug-likeness (QED) is 0.942. The lowest BCUT2D eigenvalue weighted by Crippen LogP contribution is -2.44. The molecule has 1 aromatic carbocycles. The molecule has 0 aliphatic carbocycles. The third-order valence-electron chi connectivity index (χ3n) is 4.35. The van der Waals surface area contributed by atoms with Crippen molar-refractivity contribution < 1.29 is 4.52 Å². The molecule has 1 N–H and O–H groups in total. The summed E-state index contributed by atoms with van der Waals surface area (Å²) >= 11 is 5.97. The van der Waals surface area contributed by atoms with E-state index in [9.17, 15) is 0 Å². The Kier molecular flexibility index (Phi) is 4.21. The lowest BCUT2D eigenvalue weighted by molar-refractivity contribution is 0.190. The molecule has 1 atom stereocenters. The molecule has 1 aliphatic rings. The Labute approximate surface area is 135 Å². The van der Waals surface area contributed by atoms with E-state index in [1.807, 2.05) is 24.3 Å². The molecule has 1 fully saturated rings. The maximum atomic E-state index is 5.97. The average molecular weight is 321 g/mol. The molecule has 0 amide bonds. The first kappa shape index (κ1) is 15.5. The van der Waals surface area contributed by atoms with Gasteiger partial charge in [0.2, 0.25) is 5.89 Å². The smallest absolute Gasteiger partial charge is 0.236 e. The van der Waals surface area contributed by atoms with Crippen molar-refractivity contribution in [1.29, 1.82) is 0 Å². The van der Waals surface area contributed by atoms with Crippen LogP contribution in [0.2, 0.25) is 5.02 Å². The molecule has 2 heterocycles. The van der Waals surface area contributed by atoms with Gasteiger partial charge in [0, 0.05) is 24.7 Å². The molecule has 118 valence electrons. The van der Waals surface area contributed by atoms with E-state index in [0.717, 1.165) is 36.0 Å². The van der Waals surface area contributed by atoms with E-state index in [-0.39, 0.29) is 11.5 Å². The van der Waals surface area contributed by atoms with Gasteiger partial charge in [-0.3, -0.25) is 4.90 Å². The van der Waals surface area contributed by atoms with E-state index in [0.29, 0.717) is 5.89 Å². The first-order valence-electron chi connectivity index (χ1n) is 7.49. The zero-order valence-electron chi connectivity index (χ0n) is 13.1. The summed E-state index contributed by atoms with van der Waals surface area (Å²) in [6.45, 7) is 6.98. The first-order valence-corrected chi connectivity index (χ1v) is 7.87. The van der Waals surface area contributed by atoms with Gasteiger partial charge in [0.05, 0.1) is 11.5 Å². The Morgan fingerprint density at radius 2 is 2.05 bits per heavy atom. The Morgan fingerprint density at radius 3 is 2.73 bits per heavy atom. The SMILES string of the molecule is CN1CCNCC1c1noc(C(C)(C)c2ccc(Cl)cc2)n1. The van der Waals surface area contributed by atoms with Crippen LogP contribution in [0.4, 0.5) is 0 Å². The molecule has 1 aliphatic heterocycles. The highest BCUT2D eigenvalue weighted by Crippen LogP contribution is 2.32. The third-order valence-corrected chi connectivity index (χ3v) is 4.60. The Morgan fingerprint density at radius 1 is 1.32 bits per heavy atom. The van der Waals surface area contributed by atoms with Gasteiger partial charge in [0.1, 0.15) is 0 Å². The van der Waals surface area contributed by atoms with Gasteiger partial charge in [-0.2, -0.15) is 4.98 Å². The van der Waals surface area contributed by atoms with Gasteiger partial charge in [-0.05, 0) is 38.6 Å². The highest BCUT2D eigenvalue weighted by Gasteiger charge is 2.32. The molecule has 3 rings (SSSR count). The van der Waals surface area contributed by atoms with Gasteiger partial charge in [-0.1, -0.05) is 28.9 Å². The summed E-state index contributed by atoms with van der Waals surface area (Å²) in [5.74, 6) is 1.37. The fourth-order valence-corrected chi connectivity index (χ4v) is 2.83. The predicted octanol–water partition coefficient (Wildman–Crippen LogP) is 2.63. The van der Waals surface area contributed by atoms with E-state index in [2.05, 4.69) is 41.3 Å². The van der Waals surface area contributed by atoms with Crippen LogP contribution in [0.25, 0.3) is 0 Å². The highest BCUT2D eigenvalue weighted by molar-refractivity contribution is 6.30. The third kappa shape index (κ3) is 2.89. The summed E-state index contributed by atoms with van der Waals surface area (Å²) in [6, 6.07) is 7.93. The number of aromatic nitrogens is 2. The Bertz CT molecular complexity index is 638. The molecular weight excluding hydrogens is 300 g/mol. The van der Waals surface area contributed by atoms with Crippen LogP contribution >= 0.6 is 11.6 Å². The summed E-state index contributed by atoms with van der Waals surface area (Å²) in [5, 5.41) is 8.30. The number of piperazine rings is 1. The zero-order chi connectivity index (χ0) is 15.7.